The number of nitrogens with zero attached hydrogens (tertiary/aromatic N) is 2. The van der Waals surface area contributed by atoms with E-state index in [0.29, 0.717) is 17.2 Å². The minimum Gasteiger partial charge on any atom is -0.459 e. The number of ketones is 1. The Hall–Kier alpha value is -2.44. The Morgan fingerprint density at radius 1 is 1.35 bits per heavy atom. The van der Waals surface area contributed by atoms with Crippen molar-refractivity contribution in [1.82, 2.24) is 14.7 Å². The van der Waals surface area contributed by atoms with Crippen molar-refractivity contribution >= 4 is 11.4 Å². The van der Waals surface area contributed by atoms with Crippen LogP contribution in [0.1, 0.15) is 29.1 Å². The molecule has 1 atom stereocenters. The highest BCUT2D eigenvalue weighted by Crippen LogP contribution is 2.23. The molecule has 1 saturated heterocycles. The van der Waals surface area contributed by atoms with Crippen LogP contribution in [0.15, 0.2) is 41.1 Å². The minimum absolute atomic E-state index is 0.0494. The Bertz CT molecular complexity index is 859. The summed E-state index contributed by atoms with van der Waals surface area (Å²) in [5.74, 6) is 1.25. The molecule has 1 aliphatic rings. The van der Waals surface area contributed by atoms with Crippen molar-refractivity contribution in [2.45, 2.75) is 25.5 Å². The standard InChI is InChI=1S/C17H17N3O3/c21-10-12-4-5-15(23-12)11-3-6-16-19-14(9-20(16)8-11)17(22)13-2-1-7-18-13/h3-6,8-9,13,18,21H,1-2,7,10H2. The van der Waals surface area contributed by atoms with E-state index in [4.69, 9.17) is 9.52 Å². The predicted octanol–water partition coefficient (Wildman–Crippen LogP) is 2.02. The molecule has 6 nitrogen and oxygen atoms in total. The average molecular weight is 311 g/mol. The maximum Gasteiger partial charge on any atom is 0.199 e. The molecule has 23 heavy (non-hydrogen) atoms. The summed E-state index contributed by atoms with van der Waals surface area (Å²) >= 11 is 0. The number of pyridine rings is 1. The lowest BCUT2D eigenvalue weighted by molar-refractivity contribution is 0.0948. The van der Waals surface area contributed by atoms with Crippen LogP contribution in [0.4, 0.5) is 0 Å². The Morgan fingerprint density at radius 3 is 3.00 bits per heavy atom. The zero-order chi connectivity index (χ0) is 15.8. The number of carbonyl (C=O) groups excluding carboxylic acids is 1. The molecule has 3 aromatic rings. The maximum atomic E-state index is 12.4. The van der Waals surface area contributed by atoms with Crippen LogP contribution >= 0.6 is 0 Å². The summed E-state index contributed by atoms with van der Waals surface area (Å²) in [5.41, 5.74) is 2.08. The summed E-state index contributed by atoms with van der Waals surface area (Å²) in [7, 11) is 0. The lowest BCUT2D eigenvalue weighted by atomic mass is 10.1. The molecule has 2 N–H and O–H groups in total. The van der Waals surface area contributed by atoms with E-state index in [9.17, 15) is 4.79 Å². The second-order valence-corrected chi connectivity index (χ2v) is 5.75. The van der Waals surface area contributed by atoms with E-state index in [-0.39, 0.29) is 18.4 Å². The van der Waals surface area contributed by atoms with Gasteiger partial charge in [0.1, 0.15) is 29.5 Å². The number of furan rings is 1. The van der Waals surface area contributed by atoms with Gasteiger partial charge in [-0.1, -0.05) is 0 Å². The SMILES string of the molecule is O=C(c1cn2cc(-c3ccc(CO)o3)ccc2n1)C1CCCN1. The van der Waals surface area contributed by atoms with Crippen molar-refractivity contribution in [3.05, 3.63) is 48.1 Å². The molecule has 4 heterocycles. The van der Waals surface area contributed by atoms with Gasteiger partial charge in [0.15, 0.2) is 5.78 Å². The summed E-state index contributed by atoms with van der Waals surface area (Å²) in [4.78, 5) is 16.8. The number of rotatable bonds is 4. The van der Waals surface area contributed by atoms with Crippen LogP contribution in [0.2, 0.25) is 0 Å². The summed E-state index contributed by atoms with van der Waals surface area (Å²) in [6, 6.07) is 7.20. The Balaban J connectivity index is 1.67. The van der Waals surface area contributed by atoms with Gasteiger partial charge in [0.05, 0.1) is 6.04 Å². The van der Waals surface area contributed by atoms with Crippen molar-refractivity contribution in [2.24, 2.45) is 0 Å². The second kappa shape index (κ2) is 5.64. The van der Waals surface area contributed by atoms with Gasteiger partial charge in [-0.05, 0) is 43.7 Å². The highest BCUT2D eigenvalue weighted by Gasteiger charge is 2.25. The Morgan fingerprint density at radius 2 is 2.26 bits per heavy atom. The number of aliphatic hydroxyl groups is 1. The van der Waals surface area contributed by atoms with E-state index < -0.39 is 0 Å². The number of nitrogens with one attached hydrogen (secondary N) is 1. The number of carbonyl (C=O) groups is 1. The molecule has 118 valence electrons. The molecular formula is C17H17N3O3. The third-order valence-electron chi connectivity index (χ3n) is 4.18. The van der Waals surface area contributed by atoms with Crippen LogP contribution in [0, 0.1) is 0 Å². The largest absolute Gasteiger partial charge is 0.459 e. The molecule has 6 heteroatoms. The second-order valence-electron chi connectivity index (χ2n) is 5.75. The summed E-state index contributed by atoms with van der Waals surface area (Å²) < 4.78 is 7.37. The minimum atomic E-state index is -0.125. The molecule has 0 radical (unpaired) electrons. The van der Waals surface area contributed by atoms with Gasteiger partial charge in [-0.2, -0.15) is 0 Å². The van der Waals surface area contributed by atoms with Gasteiger partial charge in [0, 0.05) is 18.0 Å². The fourth-order valence-corrected chi connectivity index (χ4v) is 2.96. The molecule has 0 aromatic carbocycles. The van der Waals surface area contributed by atoms with Crippen molar-refractivity contribution in [1.29, 1.82) is 0 Å². The number of Topliss-reactive ketones (excluding diaryl/α,β-unsaturated/α-hetero) is 1. The third kappa shape index (κ3) is 2.56. The zero-order valence-electron chi connectivity index (χ0n) is 12.5. The topological polar surface area (TPSA) is 79.8 Å². The van der Waals surface area contributed by atoms with E-state index >= 15 is 0 Å². The third-order valence-corrected chi connectivity index (χ3v) is 4.18. The first kappa shape index (κ1) is 14.2. The zero-order valence-corrected chi connectivity index (χ0v) is 12.5. The Kier molecular flexibility index (Phi) is 3.48. The predicted molar refractivity (Wildman–Crippen MR) is 84.2 cm³/mol. The summed E-state index contributed by atoms with van der Waals surface area (Å²) in [6.07, 6.45) is 5.53. The first-order chi connectivity index (χ1) is 11.2. The van der Waals surface area contributed by atoms with E-state index in [2.05, 4.69) is 10.3 Å². The number of aromatic nitrogens is 2. The van der Waals surface area contributed by atoms with Gasteiger partial charge in [-0.3, -0.25) is 4.79 Å². The lowest BCUT2D eigenvalue weighted by Gasteiger charge is -2.05. The van der Waals surface area contributed by atoms with Crippen molar-refractivity contribution < 1.29 is 14.3 Å². The number of aliphatic hydroxyl groups excluding tert-OH is 1. The number of hydrogen-bond donors (Lipinski definition) is 2. The monoisotopic (exact) mass is 311 g/mol. The van der Waals surface area contributed by atoms with Gasteiger partial charge in [-0.25, -0.2) is 4.98 Å². The number of imidazole rings is 1. The van der Waals surface area contributed by atoms with Crippen LogP contribution in [0.5, 0.6) is 0 Å². The molecule has 1 aliphatic heterocycles. The van der Waals surface area contributed by atoms with Crippen LogP contribution in [-0.2, 0) is 6.61 Å². The van der Waals surface area contributed by atoms with Crippen LogP contribution in [0.25, 0.3) is 17.0 Å². The fourth-order valence-electron chi connectivity index (χ4n) is 2.96. The number of hydrogen-bond acceptors (Lipinski definition) is 5. The van der Waals surface area contributed by atoms with E-state index in [0.717, 1.165) is 30.6 Å². The van der Waals surface area contributed by atoms with Gasteiger partial charge >= 0.3 is 0 Å². The van der Waals surface area contributed by atoms with Crippen LogP contribution < -0.4 is 5.32 Å². The van der Waals surface area contributed by atoms with E-state index in [1.807, 2.05) is 28.8 Å². The molecule has 4 rings (SSSR count). The van der Waals surface area contributed by atoms with E-state index in [1.54, 1.807) is 12.3 Å². The summed E-state index contributed by atoms with van der Waals surface area (Å²) in [6.45, 7) is 0.764. The smallest absolute Gasteiger partial charge is 0.199 e. The van der Waals surface area contributed by atoms with Crippen molar-refractivity contribution in [3.8, 4) is 11.3 Å². The van der Waals surface area contributed by atoms with Crippen LogP contribution in [-0.4, -0.2) is 32.9 Å². The fraction of sp³-hybridized carbons (Fsp3) is 0.294. The summed E-state index contributed by atoms with van der Waals surface area (Å²) in [5, 5.41) is 12.3. The molecule has 1 fully saturated rings. The molecular weight excluding hydrogens is 294 g/mol. The highest BCUT2D eigenvalue weighted by atomic mass is 16.4. The van der Waals surface area contributed by atoms with Crippen LogP contribution in [0.3, 0.4) is 0 Å². The average Bonchev–Trinajstić information content (AvgIpc) is 3.32. The first-order valence-electron chi connectivity index (χ1n) is 7.71. The van der Waals surface area contributed by atoms with Crippen molar-refractivity contribution in [2.75, 3.05) is 6.54 Å². The van der Waals surface area contributed by atoms with E-state index in [1.165, 1.54) is 0 Å². The molecule has 0 spiro atoms. The number of fused-ring (bicyclic) bond motifs is 1. The lowest BCUT2D eigenvalue weighted by Crippen LogP contribution is -2.30. The van der Waals surface area contributed by atoms with Gasteiger partial charge in [0.25, 0.3) is 0 Å². The normalized spacial score (nSPS) is 17.9. The molecule has 0 bridgehead atoms. The van der Waals surface area contributed by atoms with Gasteiger partial charge < -0.3 is 19.2 Å². The first-order valence-corrected chi connectivity index (χ1v) is 7.71. The highest BCUT2D eigenvalue weighted by molar-refractivity contribution is 5.99. The quantitative estimate of drug-likeness (QED) is 0.721. The molecule has 3 aromatic heterocycles. The maximum absolute atomic E-state index is 12.4. The van der Waals surface area contributed by atoms with Gasteiger partial charge in [-0.15, -0.1) is 0 Å². The molecule has 1 unspecified atom stereocenters. The molecule has 0 aliphatic carbocycles. The molecule has 0 amide bonds. The molecule has 0 saturated carbocycles. The van der Waals surface area contributed by atoms with Gasteiger partial charge in [0.2, 0.25) is 0 Å². The van der Waals surface area contributed by atoms with Crippen molar-refractivity contribution in [3.63, 3.8) is 0 Å². The Labute approximate surface area is 132 Å².